The second kappa shape index (κ2) is 17.7. The summed E-state index contributed by atoms with van der Waals surface area (Å²) < 4.78 is 10.7. The lowest BCUT2D eigenvalue weighted by Gasteiger charge is -2.20. The smallest absolute Gasteiger partial charge is 0.311 e. The predicted molar refractivity (Wildman–Crippen MR) is 186 cm³/mol. The molecule has 216 valence electrons. The van der Waals surface area contributed by atoms with Crippen molar-refractivity contribution in [1.29, 1.82) is 0 Å². The molecule has 13 heteroatoms. The number of ether oxygens (including phenoxy) is 1. The van der Waals surface area contributed by atoms with Gasteiger partial charge in [-0.05, 0) is 70.7 Å². The average molecular weight is 702 g/mol. The van der Waals surface area contributed by atoms with Gasteiger partial charge in [0.25, 0.3) is 0 Å². The van der Waals surface area contributed by atoms with Crippen LogP contribution < -0.4 is 0 Å². The molecule has 0 saturated heterocycles. The van der Waals surface area contributed by atoms with Gasteiger partial charge in [0.2, 0.25) is 5.24 Å². The van der Waals surface area contributed by atoms with E-state index in [0.717, 1.165) is 22.7 Å². The van der Waals surface area contributed by atoms with Crippen molar-refractivity contribution in [1.82, 2.24) is 0 Å². The van der Waals surface area contributed by atoms with Crippen molar-refractivity contribution in [2.75, 3.05) is 13.2 Å². The van der Waals surface area contributed by atoms with Crippen molar-refractivity contribution >= 4 is 117 Å². The monoisotopic (exact) mass is 700 g/mol. The Morgan fingerprint density at radius 1 is 0.744 bits per heavy atom. The van der Waals surface area contributed by atoms with E-state index >= 15 is 0 Å². The van der Waals surface area contributed by atoms with E-state index in [-0.39, 0.29) is 28.6 Å². The quantitative estimate of drug-likeness (QED) is 0.203. The van der Waals surface area contributed by atoms with E-state index in [0.29, 0.717) is 6.61 Å². The maximum Gasteiger partial charge on any atom is 0.311 e. The molecule has 0 radical (unpaired) electrons. The summed E-state index contributed by atoms with van der Waals surface area (Å²) in [6.45, 7) is 12.0. The highest BCUT2D eigenvalue weighted by Gasteiger charge is 2.28. The lowest BCUT2D eigenvalue weighted by atomic mass is 9.91. The lowest BCUT2D eigenvalue weighted by Crippen LogP contribution is -2.26. The van der Waals surface area contributed by atoms with Crippen LogP contribution in [0.25, 0.3) is 0 Å². The lowest BCUT2D eigenvalue weighted by molar-refractivity contribution is -0.152. The first-order chi connectivity index (χ1) is 18.4. The van der Waals surface area contributed by atoms with E-state index in [1.165, 1.54) is 16.9 Å². The highest BCUT2D eigenvalue weighted by atomic mass is 35.5. The summed E-state index contributed by atoms with van der Waals surface area (Å²) in [5.41, 5.74) is -0.721. The van der Waals surface area contributed by atoms with Gasteiger partial charge >= 0.3 is 5.97 Å². The number of hydrogen-bond donors (Lipinski definition) is 1. The largest absolute Gasteiger partial charge is 0.460 e. The molecule has 4 aliphatic heterocycles. The fourth-order valence-corrected chi connectivity index (χ4v) is 11.0. The molecule has 0 aromatic heterocycles. The number of aliphatic hydroxyl groups is 1. The van der Waals surface area contributed by atoms with Crippen LogP contribution in [0.5, 0.6) is 0 Å². The van der Waals surface area contributed by atoms with Crippen LogP contribution in [0.3, 0.4) is 0 Å². The molecule has 0 atom stereocenters. The van der Waals surface area contributed by atoms with Crippen molar-refractivity contribution < 1.29 is 19.4 Å². The number of aliphatic hydroxyl groups excluding tert-OH is 1. The van der Waals surface area contributed by atoms with Gasteiger partial charge in [-0.3, -0.25) is 9.59 Å². The summed E-state index contributed by atoms with van der Waals surface area (Å²) in [4.78, 5) is 24.5. The Balaban J connectivity index is 0.000000228. The minimum absolute atomic E-state index is 0.117. The predicted octanol–water partition coefficient (Wildman–Crippen LogP) is 10.9. The van der Waals surface area contributed by atoms with Gasteiger partial charge in [0.1, 0.15) is 6.61 Å². The van der Waals surface area contributed by atoms with E-state index in [1.807, 2.05) is 47.0 Å². The minimum atomic E-state index is -0.390. The third-order valence-corrected chi connectivity index (χ3v) is 16.1. The first-order valence-corrected chi connectivity index (χ1v) is 19.2. The molecule has 0 aromatic carbocycles. The van der Waals surface area contributed by atoms with Crippen LogP contribution in [-0.2, 0) is 14.3 Å². The van der Waals surface area contributed by atoms with Crippen LogP contribution in [0.2, 0.25) is 0 Å². The average Bonchev–Trinajstić information content (AvgIpc) is 3.74. The van der Waals surface area contributed by atoms with Crippen molar-refractivity contribution in [3.05, 3.63) is 59.2 Å². The number of carbonyl (C=O) groups is 2. The molecular weight excluding hydrogens is 668 g/mol. The van der Waals surface area contributed by atoms with Crippen LogP contribution in [0.4, 0.5) is 0 Å². The standard InChI is InChI=1S/C13H16O2S4.C7H6OS4.C6H11ClO/c1-4-13(2,3)12(14)15-7-9-8-18-11(19-9)10-16-5-6-17-10;8-3-5-4-11-7(12-5)6-9-1-2-10-6;1-4-6(2,3)5(7)8/h5-6,8H,4,7H2,1-3H3;1-2,4,8H,3H2;4H2,1-3H3. The van der Waals surface area contributed by atoms with Gasteiger partial charge in [0.15, 0.2) is 0 Å². The number of carbonyl (C=O) groups excluding carboxylic acids is 2. The second-order valence-electron chi connectivity index (χ2n) is 9.26. The molecule has 4 rings (SSSR count). The molecule has 0 unspecified atom stereocenters. The second-order valence-corrected chi connectivity index (χ2v) is 18.3. The maximum atomic E-state index is 11.9. The van der Waals surface area contributed by atoms with Gasteiger partial charge in [0, 0.05) is 15.2 Å². The number of hydrogen-bond acceptors (Lipinski definition) is 12. The van der Waals surface area contributed by atoms with Gasteiger partial charge in [0.05, 0.1) is 29.0 Å². The molecular formula is C26H33ClO4S8. The summed E-state index contributed by atoms with van der Waals surface area (Å²) in [5.74, 6) is -0.117. The van der Waals surface area contributed by atoms with Gasteiger partial charge in [-0.2, -0.15) is 0 Å². The van der Waals surface area contributed by atoms with E-state index in [9.17, 15) is 9.59 Å². The van der Waals surface area contributed by atoms with Crippen molar-refractivity contribution in [2.24, 2.45) is 10.8 Å². The maximum absolute atomic E-state index is 11.9. The molecule has 0 spiro atoms. The third kappa shape index (κ3) is 12.0. The fourth-order valence-electron chi connectivity index (χ4n) is 2.11. The van der Waals surface area contributed by atoms with Crippen LogP contribution in [0.15, 0.2) is 59.2 Å². The molecule has 4 heterocycles. The van der Waals surface area contributed by atoms with Gasteiger partial charge in [-0.1, -0.05) is 122 Å². The molecule has 0 fully saturated rings. The molecule has 0 bridgehead atoms. The zero-order valence-corrected chi connectivity index (χ0v) is 29.9. The zero-order valence-electron chi connectivity index (χ0n) is 22.6. The molecule has 0 aromatic rings. The third-order valence-electron chi connectivity index (χ3n) is 5.54. The van der Waals surface area contributed by atoms with E-state index in [2.05, 4.69) is 27.0 Å². The first kappa shape index (κ1) is 35.8. The molecule has 0 aliphatic carbocycles. The summed E-state index contributed by atoms with van der Waals surface area (Å²) in [6, 6.07) is 0. The summed E-state index contributed by atoms with van der Waals surface area (Å²) in [7, 11) is 0. The molecule has 0 amide bonds. The Morgan fingerprint density at radius 2 is 1.18 bits per heavy atom. The topological polar surface area (TPSA) is 63.6 Å². The number of thioether (sulfide) groups is 8. The molecule has 4 nitrogen and oxygen atoms in total. The number of halogens is 1. The van der Waals surface area contributed by atoms with E-state index < -0.39 is 0 Å². The fraction of sp³-hybridized carbons (Fsp3) is 0.462. The van der Waals surface area contributed by atoms with E-state index in [1.54, 1.807) is 94.1 Å². The Kier molecular flexibility index (Phi) is 16.2. The Bertz CT molecular complexity index is 1070. The molecule has 4 aliphatic rings. The SMILES string of the molecule is CCC(C)(C)C(=O)Cl.CCC(C)(C)C(=O)OCC1=CSC(=C2SC=CS2)S1.OCC1=CSC(=C2SC=CS2)S1. The molecule has 39 heavy (non-hydrogen) atoms. The highest BCUT2D eigenvalue weighted by molar-refractivity contribution is 8.34. The van der Waals surface area contributed by atoms with Crippen molar-refractivity contribution in [2.45, 2.75) is 54.4 Å². The summed E-state index contributed by atoms with van der Waals surface area (Å²) >= 11 is 19.1. The number of esters is 1. The van der Waals surface area contributed by atoms with Gasteiger partial charge in [-0.25, -0.2) is 0 Å². The molecule has 0 saturated carbocycles. The van der Waals surface area contributed by atoms with Gasteiger partial charge < -0.3 is 9.84 Å². The van der Waals surface area contributed by atoms with E-state index in [4.69, 9.17) is 21.4 Å². The van der Waals surface area contributed by atoms with Crippen LogP contribution in [0, 0.1) is 10.8 Å². The summed E-state index contributed by atoms with van der Waals surface area (Å²) in [6.07, 6.45) is 1.59. The minimum Gasteiger partial charge on any atom is -0.460 e. The van der Waals surface area contributed by atoms with Crippen LogP contribution in [0.1, 0.15) is 54.4 Å². The Labute approximate surface area is 271 Å². The highest BCUT2D eigenvalue weighted by Crippen LogP contribution is 2.54. The Hall–Kier alpha value is 0.630. The van der Waals surface area contributed by atoms with Gasteiger partial charge in [-0.15, -0.1) is 0 Å². The van der Waals surface area contributed by atoms with Crippen LogP contribution in [-0.4, -0.2) is 29.5 Å². The molecule has 1 N–H and O–H groups in total. The Morgan fingerprint density at radius 3 is 1.54 bits per heavy atom. The normalized spacial score (nSPS) is 18.5. The first-order valence-electron chi connectivity index (χ1n) is 11.9. The van der Waals surface area contributed by atoms with Crippen LogP contribution >= 0.6 is 106 Å². The summed E-state index contributed by atoms with van der Waals surface area (Å²) in [5, 5.41) is 21.1. The van der Waals surface area contributed by atoms with Crippen molar-refractivity contribution in [3.63, 3.8) is 0 Å². The number of rotatable bonds is 7. The van der Waals surface area contributed by atoms with Crippen molar-refractivity contribution in [3.8, 4) is 0 Å². The zero-order chi connectivity index (χ0) is 29.1.